The molecule has 0 aliphatic carbocycles. The van der Waals surface area contributed by atoms with Crippen molar-refractivity contribution in [3.8, 4) is 17.4 Å². The van der Waals surface area contributed by atoms with Crippen LogP contribution in [0.3, 0.4) is 0 Å². The van der Waals surface area contributed by atoms with Crippen molar-refractivity contribution in [1.82, 2.24) is 10.1 Å². The molecule has 78 valence electrons. The molecule has 0 bridgehead atoms. The summed E-state index contributed by atoms with van der Waals surface area (Å²) in [4.78, 5) is 14.6. The fourth-order valence-electron chi connectivity index (χ4n) is 1.19. The first-order valence-electron chi connectivity index (χ1n) is 4.27. The molecule has 2 heterocycles. The van der Waals surface area contributed by atoms with Gasteiger partial charge in [-0.25, -0.2) is 9.78 Å². The number of carboxylic acid groups (broad SMARTS) is 1. The zero-order valence-electron chi connectivity index (χ0n) is 7.91. The van der Waals surface area contributed by atoms with Crippen molar-refractivity contribution in [2.24, 2.45) is 0 Å². The molecule has 2 rings (SSSR count). The number of hydrogen-bond acceptors (Lipinski definition) is 5. The maximum atomic E-state index is 10.8. The number of aromatic carboxylic acids is 1. The van der Waals surface area contributed by atoms with Crippen LogP contribution in [0, 0.1) is 11.3 Å². The lowest BCUT2D eigenvalue weighted by molar-refractivity contribution is 0.0697. The Bertz CT molecular complexity index is 566. The third kappa shape index (κ3) is 1.62. The van der Waals surface area contributed by atoms with E-state index < -0.39 is 5.97 Å². The topological polar surface area (TPSA) is 100 Å². The molecule has 0 saturated carbocycles. The standard InChI is InChI=1S/C10H5N3O3/c11-3-7-2-1-6(4-12-7)9-8(10(14)15)5-13-16-9/h1-2,4-5H,(H,14,15). The van der Waals surface area contributed by atoms with Crippen LogP contribution >= 0.6 is 0 Å². The summed E-state index contributed by atoms with van der Waals surface area (Å²) in [6.07, 6.45) is 2.49. The van der Waals surface area contributed by atoms with Gasteiger partial charge in [0.1, 0.15) is 17.3 Å². The van der Waals surface area contributed by atoms with Crippen LogP contribution in [-0.4, -0.2) is 21.2 Å². The predicted octanol–water partition coefficient (Wildman–Crippen LogP) is 1.31. The van der Waals surface area contributed by atoms with Gasteiger partial charge in [-0.15, -0.1) is 0 Å². The van der Waals surface area contributed by atoms with Gasteiger partial charge in [0.25, 0.3) is 0 Å². The summed E-state index contributed by atoms with van der Waals surface area (Å²) in [6.45, 7) is 0. The van der Waals surface area contributed by atoms with E-state index in [1.165, 1.54) is 12.3 Å². The van der Waals surface area contributed by atoms with Gasteiger partial charge in [0.15, 0.2) is 5.76 Å². The summed E-state index contributed by atoms with van der Waals surface area (Å²) in [5.41, 5.74) is 0.681. The first kappa shape index (κ1) is 9.86. The lowest BCUT2D eigenvalue weighted by Crippen LogP contribution is -1.96. The Hall–Kier alpha value is -2.68. The van der Waals surface area contributed by atoms with Gasteiger partial charge in [0.05, 0.1) is 6.20 Å². The van der Waals surface area contributed by atoms with Gasteiger partial charge in [0.2, 0.25) is 0 Å². The maximum absolute atomic E-state index is 10.8. The number of carbonyl (C=O) groups is 1. The molecule has 0 unspecified atom stereocenters. The van der Waals surface area contributed by atoms with Gasteiger partial charge >= 0.3 is 5.97 Å². The van der Waals surface area contributed by atoms with Gasteiger partial charge in [-0.2, -0.15) is 5.26 Å². The Kier molecular flexibility index (Phi) is 2.36. The highest BCUT2D eigenvalue weighted by molar-refractivity contribution is 5.93. The Labute approximate surface area is 89.8 Å². The van der Waals surface area contributed by atoms with Gasteiger partial charge in [-0.3, -0.25) is 0 Å². The zero-order valence-corrected chi connectivity index (χ0v) is 7.91. The van der Waals surface area contributed by atoms with Crippen LogP contribution < -0.4 is 0 Å². The van der Waals surface area contributed by atoms with E-state index in [2.05, 4.69) is 10.1 Å². The molecule has 0 amide bonds. The average Bonchev–Trinajstić information content (AvgIpc) is 2.78. The minimum atomic E-state index is -1.12. The molecule has 2 aromatic heterocycles. The molecule has 6 nitrogen and oxygen atoms in total. The van der Waals surface area contributed by atoms with E-state index in [1.54, 1.807) is 6.07 Å². The van der Waals surface area contributed by atoms with Gasteiger partial charge < -0.3 is 9.63 Å². The van der Waals surface area contributed by atoms with Crippen LogP contribution in [0.15, 0.2) is 29.0 Å². The summed E-state index contributed by atoms with van der Waals surface area (Å²) in [5, 5.41) is 20.8. The molecule has 0 spiro atoms. The zero-order chi connectivity index (χ0) is 11.5. The molecule has 1 N–H and O–H groups in total. The summed E-state index contributed by atoms with van der Waals surface area (Å²) in [7, 11) is 0. The highest BCUT2D eigenvalue weighted by Crippen LogP contribution is 2.22. The van der Waals surface area contributed by atoms with Gasteiger partial charge in [-0.05, 0) is 12.1 Å². The second-order valence-corrected chi connectivity index (χ2v) is 2.92. The van der Waals surface area contributed by atoms with Crippen LogP contribution in [0.1, 0.15) is 16.1 Å². The minimum absolute atomic E-state index is 0.0356. The van der Waals surface area contributed by atoms with Crippen molar-refractivity contribution in [3.63, 3.8) is 0 Å². The normalized spacial score (nSPS) is 9.69. The van der Waals surface area contributed by atoms with E-state index >= 15 is 0 Å². The lowest BCUT2D eigenvalue weighted by atomic mass is 10.1. The Balaban J connectivity index is 2.47. The second kappa shape index (κ2) is 3.82. The number of hydrogen-bond donors (Lipinski definition) is 1. The van der Waals surface area contributed by atoms with Crippen molar-refractivity contribution in [3.05, 3.63) is 35.8 Å². The molecule has 0 atom stereocenters. The Morgan fingerprint density at radius 2 is 2.25 bits per heavy atom. The number of rotatable bonds is 2. The largest absolute Gasteiger partial charge is 0.477 e. The van der Waals surface area contributed by atoms with Crippen molar-refractivity contribution >= 4 is 5.97 Å². The third-order valence-corrected chi connectivity index (χ3v) is 1.94. The van der Waals surface area contributed by atoms with Crippen LogP contribution in [0.5, 0.6) is 0 Å². The third-order valence-electron chi connectivity index (χ3n) is 1.94. The number of aromatic nitrogens is 2. The fourth-order valence-corrected chi connectivity index (χ4v) is 1.19. The molecule has 16 heavy (non-hydrogen) atoms. The second-order valence-electron chi connectivity index (χ2n) is 2.92. The maximum Gasteiger partial charge on any atom is 0.341 e. The van der Waals surface area contributed by atoms with E-state index in [0.717, 1.165) is 6.20 Å². The van der Waals surface area contributed by atoms with E-state index in [1.807, 2.05) is 6.07 Å². The molecule has 0 radical (unpaired) electrons. The van der Waals surface area contributed by atoms with Crippen molar-refractivity contribution in [1.29, 1.82) is 5.26 Å². The molecule has 0 aliphatic rings. The lowest BCUT2D eigenvalue weighted by Gasteiger charge is -1.96. The quantitative estimate of drug-likeness (QED) is 0.810. The average molecular weight is 215 g/mol. The predicted molar refractivity (Wildman–Crippen MR) is 51.4 cm³/mol. The van der Waals surface area contributed by atoms with Crippen LogP contribution in [0.25, 0.3) is 11.3 Å². The summed E-state index contributed by atoms with van der Waals surface area (Å²) in [5.74, 6) is -0.995. The van der Waals surface area contributed by atoms with E-state index in [-0.39, 0.29) is 17.0 Å². The van der Waals surface area contributed by atoms with E-state index in [0.29, 0.717) is 5.56 Å². The van der Waals surface area contributed by atoms with Crippen molar-refractivity contribution < 1.29 is 14.4 Å². The summed E-state index contributed by atoms with van der Waals surface area (Å²) in [6, 6.07) is 4.89. The SMILES string of the molecule is N#Cc1ccc(-c2oncc2C(=O)O)cn1. The number of pyridine rings is 1. The molecule has 0 fully saturated rings. The van der Waals surface area contributed by atoms with Gasteiger partial charge in [0, 0.05) is 11.8 Å². The van der Waals surface area contributed by atoms with Gasteiger partial charge in [-0.1, -0.05) is 5.16 Å². The van der Waals surface area contributed by atoms with E-state index in [9.17, 15) is 4.79 Å². The fraction of sp³-hybridized carbons (Fsp3) is 0. The highest BCUT2D eigenvalue weighted by Gasteiger charge is 2.16. The van der Waals surface area contributed by atoms with Crippen molar-refractivity contribution in [2.45, 2.75) is 0 Å². The minimum Gasteiger partial charge on any atom is -0.477 e. The molecular formula is C10H5N3O3. The molecule has 6 heteroatoms. The molecule has 0 aliphatic heterocycles. The first-order chi connectivity index (χ1) is 7.72. The molecule has 0 saturated heterocycles. The molecular weight excluding hydrogens is 210 g/mol. The monoisotopic (exact) mass is 215 g/mol. The number of carboxylic acids is 1. The van der Waals surface area contributed by atoms with Crippen molar-refractivity contribution in [2.75, 3.05) is 0 Å². The van der Waals surface area contributed by atoms with Crippen LogP contribution in [0.2, 0.25) is 0 Å². The Morgan fingerprint density at radius 1 is 1.44 bits per heavy atom. The number of nitrogens with zero attached hydrogens (tertiary/aromatic N) is 3. The molecule has 2 aromatic rings. The summed E-state index contributed by atoms with van der Waals surface area (Å²) >= 11 is 0. The summed E-state index contributed by atoms with van der Waals surface area (Å²) < 4.78 is 4.83. The van der Waals surface area contributed by atoms with Crippen LogP contribution in [-0.2, 0) is 0 Å². The highest BCUT2D eigenvalue weighted by atomic mass is 16.5. The first-order valence-corrected chi connectivity index (χ1v) is 4.27. The Morgan fingerprint density at radius 3 is 2.81 bits per heavy atom. The smallest absolute Gasteiger partial charge is 0.341 e. The molecule has 0 aromatic carbocycles. The van der Waals surface area contributed by atoms with E-state index in [4.69, 9.17) is 14.9 Å². The number of nitriles is 1. The van der Waals surface area contributed by atoms with Crippen LogP contribution in [0.4, 0.5) is 0 Å².